The summed E-state index contributed by atoms with van der Waals surface area (Å²) in [4.78, 5) is -0.411. The lowest BCUT2D eigenvalue weighted by Crippen LogP contribution is -2.08. The number of para-hydroxylation sites is 1. The van der Waals surface area contributed by atoms with Crippen molar-refractivity contribution in [1.29, 1.82) is 5.26 Å². The molecule has 5 nitrogen and oxygen atoms in total. The molecule has 0 atom stereocenters. The van der Waals surface area contributed by atoms with E-state index in [2.05, 4.69) is 0 Å². The fourth-order valence-electron chi connectivity index (χ4n) is 2.22. The maximum atomic E-state index is 12.8. The molecule has 0 aromatic heterocycles. The number of hydrogen-bond donors (Lipinski definition) is 0. The molecule has 0 N–H and O–H groups in total. The Labute approximate surface area is 158 Å². The molecule has 2 aromatic rings. The van der Waals surface area contributed by atoms with Crippen molar-refractivity contribution in [3.05, 3.63) is 58.0 Å². The minimum absolute atomic E-state index is 0.0103. The Morgan fingerprint density at radius 2 is 1.85 bits per heavy atom. The maximum Gasteiger partial charge on any atom is 0.216 e. The van der Waals surface area contributed by atoms with Crippen molar-refractivity contribution < 1.29 is 17.9 Å². The number of benzene rings is 2. The van der Waals surface area contributed by atoms with Gasteiger partial charge in [0.2, 0.25) is 9.84 Å². The molecule has 2 aromatic carbocycles. The number of halogens is 1. The van der Waals surface area contributed by atoms with Gasteiger partial charge in [-0.25, -0.2) is 8.42 Å². The highest BCUT2D eigenvalue weighted by Crippen LogP contribution is 2.34. The summed E-state index contributed by atoms with van der Waals surface area (Å²) in [5.41, 5.74) is 0.437. The summed E-state index contributed by atoms with van der Waals surface area (Å²) >= 11 is 5.80. The van der Waals surface area contributed by atoms with E-state index in [0.717, 1.165) is 0 Å². The molecule has 0 aliphatic rings. The third-order valence-electron chi connectivity index (χ3n) is 3.39. The molecule has 0 saturated heterocycles. The summed E-state index contributed by atoms with van der Waals surface area (Å²) in [7, 11) is -2.49. The number of nitrogens with zero attached hydrogens (tertiary/aromatic N) is 1. The van der Waals surface area contributed by atoms with Gasteiger partial charge in [-0.05, 0) is 50.3 Å². The Balaban J connectivity index is 2.59. The molecule has 7 heteroatoms. The number of sulfone groups is 1. The maximum absolute atomic E-state index is 12.8. The smallest absolute Gasteiger partial charge is 0.216 e. The molecule has 0 amide bonds. The molecular formula is C19H18ClNO4S. The van der Waals surface area contributed by atoms with Gasteiger partial charge in [0.25, 0.3) is 0 Å². The largest absolute Gasteiger partial charge is 0.493 e. The lowest BCUT2D eigenvalue weighted by Gasteiger charge is -2.16. The van der Waals surface area contributed by atoms with Crippen molar-refractivity contribution in [1.82, 2.24) is 0 Å². The molecule has 0 aliphatic heterocycles. The van der Waals surface area contributed by atoms with Crippen LogP contribution in [0.25, 0.3) is 6.08 Å². The van der Waals surface area contributed by atoms with Gasteiger partial charge in [-0.15, -0.1) is 0 Å². The average molecular weight is 392 g/mol. The molecule has 0 bridgehead atoms. The highest BCUT2D eigenvalue weighted by atomic mass is 35.5. The Bertz CT molecular complexity index is 958. The molecule has 0 unspecified atom stereocenters. The van der Waals surface area contributed by atoms with E-state index >= 15 is 0 Å². The standard InChI is InChI=1S/C19H18ClNO4S/c1-13(2)25-19-14(5-4-6-18(19)24-3)11-17(12-21)26(22,23)16-9-7-15(20)8-10-16/h4-11,13H,1-3H3/b17-11+. The van der Waals surface area contributed by atoms with Crippen LogP contribution in [0.1, 0.15) is 19.4 Å². The van der Waals surface area contributed by atoms with Gasteiger partial charge in [-0.3, -0.25) is 0 Å². The molecule has 0 radical (unpaired) electrons. The number of rotatable bonds is 6. The molecule has 0 fully saturated rings. The number of allylic oxidation sites excluding steroid dienone is 1. The molecular weight excluding hydrogens is 374 g/mol. The minimum Gasteiger partial charge on any atom is -0.493 e. The molecule has 0 aliphatic carbocycles. The van der Waals surface area contributed by atoms with Crippen LogP contribution in [0, 0.1) is 11.3 Å². The van der Waals surface area contributed by atoms with Gasteiger partial charge in [-0.1, -0.05) is 23.7 Å². The van der Waals surface area contributed by atoms with E-state index in [9.17, 15) is 13.7 Å². The van der Waals surface area contributed by atoms with Crippen LogP contribution in [0.4, 0.5) is 0 Å². The first kappa shape index (κ1) is 19.8. The van der Waals surface area contributed by atoms with Crippen molar-refractivity contribution in [2.75, 3.05) is 7.11 Å². The summed E-state index contributed by atoms with van der Waals surface area (Å²) in [6.45, 7) is 3.69. The van der Waals surface area contributed by atoms with Crippen molar-refractivity contribution in [3.63, 3.8) is 0 Å². The summed E-state index contributed by atoms with van der Waals surface area (Å²) in [5.74, 6) is 0.831. The first-order valence-corrected chi connectivity index (χ1v) is 9.61. The fourth-order valence-corrected chi connectivity index (χ4v) is 3.50. The summed E-state index contributed by atoms with van der Waals surface area (Å²) in [6, 6.07) is 12.5. The van der Waals surface area contributed by atoms with Gasteiger partial charge >= 0.3 is 0 Å². The number of hydrogen-bond acceptors (Lipinski definition) is 5. The van der Waals surface area contributed by atoms with Crippen LogP contribution in [0.2, 0.25) is 5.02 Å². The second-order valence-corrected chi connectivity index (χ2v) is 7.98. The zero-order valence-electron chi connectivity index (χ0n) is 14.6. The topological polar surface area (TPSA) is 76.4 Å². The first-order chi connectivity index (χ1) is 12.3. The van der Waals surface area contributed by atoms with Crippen LogP contribution in [0.3, 0.4) is 0 Å². The van der Waals surface area contributed by atoms with E-state index in [4.69, 9.17) is 21.1 Å². The molecule has 2 rings (SSSR count). The molecule has 0 heterocycles. The SMILES string of the molecule is COc1cccc(/C=C(\C#N)S(=O)(=O)c2ccc(Cl)cc2)c1OC(C)C. The van der Waals surface area contributed by atoms with Crippen LogP contribution in [0.5, 0.6) is 11.5 Å². The Kier molecular flexibility index (Phi) is 6.30. The Morgan fingerprint density at radius 1 is 1.19 bits per heavy atom. The van der Waals surface area contributed by atoms with Crippen LogP contribution < -0.4 is 9.47 Å². The lowest BCUT2D eigenvalue weighted by molar-refractivity contribution is 0.229. The zero-order chi connectivity index (χ0) is 19.3. The van der Waals surface area contributed by atoms with Gasteiger partial charge in [-0.2, -0.15) is 5.26 Å². The monoisotopic (exact) mass is 391 g/mol. The molecule has 136 valence electrons. The quantitative estimate of drug-likeness (QED) is 0.679. The summed E-state index contributed by atoms with van der Waals surface area (Å²) in [6.07, 6.45) is 1.13. The van der Waals surface area contributed by atoms with Gasteiger partial charge in [0, 0.05) is 10.6 Å². The third-order valence-corrected chi connectivity index (χ3v) is 5.33. The fraction of sp³-hybridized carbons (Fsp3) is 0.211. The van der Waals surface area contributed by atoms with Crippen molar-refractivity contribution >= 4 is 27.5 Å². The number of ether oxygens (including phenoxy) is 2. The average Bonchev–Trinajstić information content (AvgIpc) is 2.60. The Hall–Kier alpha value is -2.49. The van der Waals surface area contributed by atoms with E-state index in [-0.39, 0.29) is 11.0 Å². The van der Waals surface area contributed by atoms with Crippen LogP contribution in [0.15, 0.2) is 52.3 Å². The lowest BCUT2D eigenvalue weighted by atomic mass is 10.1. The van der Waals surface area contributed by atoms with E-state index in [1.807, 2.05) is 13.8 Å². The zero-order valence-corrected chi connectivity index (χ0v) is 16.1. The Morgan fingerprint density at radius 3 is 2.38 bits per heavy atom. The van der Waals surface area contributed by atoms with E-state index in [1.54, 1.807) is 24.3 Å². The highest BCUT2D eigenvalue weighted by molar-refractivity contribution is 7.95. The summed E-state index contributed by atoms with van der Waals surface area (Å²) in [5, 5.41) is 9.85. The van der Waals surface area contributed by atoms with Gasteiger partial charge in [0.15, 0.2) is 11.5 Å². The highest BCUT2D eigenvalue weighted by Gasteiger charge is 2.22. The van der Waals surface area contributed by atoms with E-state index in [0.29, 0.717) is 22.1 Å². The normalized spacial score (nSPS) is 11.9. The van der Waals surface area contributed by atoms with Crippen molar-refractivity contribution in [2.45, 2.75) is 24.8 Å². The predicted octanol–water partition coefficient (Wildman–Crippen LogP) is 4.47. The van der Waals surface area contributed by atoms with E-state index < -0.39 is 14.7 Å². The van der Waals surface area contributed by atoms with Crippen molar-refractivity contribution in [2.24, 2.45) is 0 Å². The third kappa shape index (κ3) is 4.37. The summed E-state index contributed by atoms with van der Waals surface area (Å²) < 4.78 is 36.6. The first-order valence-electron chi connectivity index (χ1n) is 7.75. The van der Waals surface area contributed by atoms with Crippen LogP contribution in [-0.4, -0.2) is 21.6 Å². The second-order valence-electron chi connectivity index (χ2n) is 5.62. The number of methoxy groups -OCH3 is 1. The molecule has 0 saturated carbocycles. The second kappa shape index (κ2) is 8.26. The minimum atomic E-state index is -3.99. The van der Waals surface area contributed by atoms with Crippen molar-refractivity contribution in [3.8, 4) is 17.6 Å². The van der Waals surface area contributed by atoms with Gasteiger partial charge in [0.05, 0.1) is 18.1 Å². The molecule has 26 heavy (non-hydrogen) atoms. The predicted molar refractivity (Wildman–Crippen MR) is 101 cm³/mol. The van der Waals surface area contributed by atoms with Gasteiger partial charge in [0.1, 0.15) is 11.0 Å². The molecule has 0 spiro atoms. The van der Waals surface area contributed by atoms with Crippen LogP contribution in [-0.2, 0) is 9.84 Å². The number of nitriles is 1. The van der Waals surface area contributed by atoms with E-state index in [1.165, 1.54) is 37.5 Å². The van der Waals surface area contributed by atoms with Crippen LogP contribution >= 0.6 is 11.6 Å². The van der Waals surface area contributed by atoms with Gasteiger partial charge < -0.3 is 9.47 Å².